The first-order chi connectivity index (χ1) is 18.9. The Balaban J connectivity index is 0.000000410. The normalized spacial score (nSPS) is 18.1. The minimum absolute atomic E-state index is 0.0809. The molecule has 0 unspecified atom stereocenters. The fourth-order valence-electron chi connectivity index (χ4n) is 4.23. The maximum absolute atomic E-state index is 12.8. The van der Waals surface area contributed by atoms with E-state index >= 15 is 0 Å². The lowest BCUT2D eigenvalue weighted by Gasteiger charge is -2.20. The van der Waals surface area contributed by atoms with Crippen molar-refractivity contribution in [1.82, 2.24) is 14.9 Å². The first kappa shape index (κ1) is 25.6. The van der Waals surface area contributed by atoms with Crippen molar-refractivity contribution in [2.75, 3.05) is 4.90 Å². The Bertz CT molecular complexity index is 1430. The smallest absolute Gasteiger partial charge is 0.326 e. The SMILES string of the molecule is O=C(C1CC1)N(C(=O)C1CC1)c1cc(Oc2ccc3c(ccn3C(=O)NC3CC3)c2)ccn1.O=C(Cl)C1CC1. The summed E-state index contributed by atoms with van der Waals surface area (Å²) in [5, 5.41) is 3.71. The average Bonchev–Trinajstić information content (AvgIpc) is 3.76. The monoisotopic (exact) mass is 548 g/mol. The number of benzene rings is 1. The highest BCUT2D eigenvalue weighted by Crippen LogP contribution is 2.38. The van der Waals surface area contributed by atoms with E-state index in [1.54, 1.807) is 35.2 Å². The number of fused-ring (bicyclic) bond motifs is 1. The number of rotatable bonds is 7. The van der Waals surface area contributed by atoms with Crippen LogP contribution in [0.25, 0.3) is 10.9 Å². The van der Waals surface area contributed by atoms with E-state index in [0.717, 1.165) is 62.3 Å². The fourth-order valence-corrected chi connectivity index (χ4v) is 4.44. The quantitative estimate of drug-likeness (QED) is 0.313. The van der Waals surface area contributed by atoms with Crippen LogP contribution in [0, 0.1) is 17.8 Å². The van der Waals surface area contributed by atoms with Crippen molar-refractivity contribution in [2.24, 2.45) is 17.8 Å². The molecule has 0 atom stereocenters. The predicted molar refractivity (Wildman–Crippen MR) is 145 cm³/mol. The van der Waals surface area contributed by atoms with Gasteiger partial charge in [-0.25, -0.2) is 14.7 Å². The number of nitrogens with one attached hydrogen (secondary N) is 1. The van der Waals surface area contributed by atoms with E-state index < -0.39 is 0 Å². The van der Waals surface area contributed by atoms with E-state index in [9.17, 15) is 19.2 Å². The van der Waals surface area contributed by atoms with Gasteiger partial charge in [0.2, 0.25) is 17.1 Å². The van der Waals surface area contributed by atoms with Gasteiger partial charge in [0, 0.05) is 47.6 Å². The minimum atomic E-state index is -0.163. The summed E-state index contributed by atoms with van der Waals surface area (Å²) in [5.74, 6) is 1.13. The zero-order valence-corrected chi connectivity index (χ0v) is 22.1. The third-order valence-electron chi connectivity index (χ3n) is 7.16. The van der Waals surface area contributed by atoms with Crippen molar-refractivity contribution in [3.63, 3.8) is 0 Å². The van der Waals surface area contributed by atoms with Crippen LogP contribution in [0.4, 0.5) is 10.6 Å². The van der Waals surface area contributed by atoms with Crippen molar-refractivity contribution in [1.29, 1.82) is 0 Å². The molecule has 4 aliphatic rings. The fraction of sp³-hybridized carbons (Fsp3) is 0.414. The van der Waals surface area contributed by atoms with Gasteiger partial charge >= 0.3 is 6.03 Å². The molecule has 9 nitrogen and oxygen atoms in total. The Hall–Kier alpha value is -3.72. The number of ether oxygens (including phenoxy) is 1. The molecule has 2 heterocycles. The molecule has 0 bridgehead atoms. The molecule has 39 heavy (non-hydrogen) atoms. The Morgan fingerprint density at radius 2 is 1.49 bits per heavy atom. The molecule has 10 heteroatoms. The number of hydrogen-bond acceptors (Lipinski definition) is 6. The van der Waals surface area contributed by atoms with Gasteiger partial charge in [0.15, 0.2) is 0 Å². The standard InChI is InChI=1S/C25H24N4O4.C4H5ClO/c30-23(15-1-2-15)29(24(31)16-3-4-16)22-14-20(9-11-26-22)33-19-7-8-21-17(13-19)10-12-28(21)25(32)27-18-5-6-18;5-4(6)3-1-2-3/h7-16,18H,1-6H2,(H,27,32);3H,1-2H2. The third kappa shape index (κ3) is 6.14. The first-order valence-corrected chi connectivity index (χ1v) is 13.9. The van der Waals surface area contributed by atoms with E-state index in [2.05, 4.69) is 10.3 Å². The van der Waals surface area contributed by atoms with E-state index in [0.29, 0.717) is 17.3 Å². The van der Waals surface area contributed by atoms with Crippen LogP contribution in [-0.4, -0.2) is 38.7 Å². The molecule has 3 amide bonds. The molecule has 0 saturated heterocycles. The topological polar surface area (TPSA) is 111 Å². The number of anilines is 1. The molecule has 3 aromatic rings. The van der Waals surface area contributed by atoms with Crippen LogP contribution >= 0.6 is 11.6 Å². The molecular weight excluding hydrogens is 520 g/mol. The van der Waals surface area contributed by atoms with Crippen LogP contribution < -0.4 is 15.0 Å². The summed E-state index contributed by atoms with van der Waals surface area (Å²) in [6.45, 7) is 0. The first-order valence-electron chi connectivity index (χ1n) is 13.5. The molecule has 0 spiro atoms. The van der Waals surface area contributed by atoms with Crippen LogP contribution in [0.15, 0.2) is 48.8 Å². The molecule has 2 aromatic heterocycles. The molecule has 4 aliphatic carbocycles. The van der Waals surface area contributed by atoms with Crippen LogP contribution in [0.3, 0.4) is 0 Å². The van der Waals surface area contributed by atoms with Crippen LogP contribution in [0.1, 0.15) is 51.4 Å². The lowest BCUT2D eigenvalue weighted by molar-refractivity contribution is -0.128. The van der Waals surface area contributed by atoms with E-state index in [4.69, 9.17) is 16.3 Å². The maximum atomic E-state index is 12.8. The number of imide groups is 1. The second-order valence-corrected chi connectivity index (χ2v) is 11.1. The summed E-state index contributed by atoms with van der Waals surface area (Å²) in [6.07, 6.45) is 10.7. The van der Waals surface area contributed by atoms with Crippen molar-refractivity contribution in [3.8, 4) is 11.5 Å². The number of carbonyl (C=O) groups is 4. The second-order valence-electron chi connectivity index (χ2n) is 10.7. The number of amides is 3. The Morgan fingerprint density at radius 1 is 0.846 bits per heavy atom. The Kier molecular flexibility index (Phi) is 6.85. The van der Waals surface area contributed by atoms with Gasteiger partial charge in [-0.15, -0.1) is 0 Å². The maximum Gasteiger partial charge on any atom is 0.326 e. The molecular formula is C29H29ClN4O5. The molecule has 4 saturated carbocycles. The number of halogens is 1. The molecule has 4 fully saturated rings. The summed E-state index contributed by atoms with van der Waals surface area (Å²) < 4.78 is 7.64. The second kappa shape index (κ2) is 10.4. The van der Waals surface area contributed by atoms with E-state index in [-0.39, 0.29) is 46.9 Å². The lowest BCUT2D eigenvalue weighted by Crippen LogP contribution is -2.39. The van der Waals surface area contributed by atoms with E-state index in [1.165, 1.54) is 4.90 Å². The van der Waals surface area contributed by atoms with Gasteiger partial charge in [-0.3, -0.25) is 19.0 Å². The highest BCUT2D eigenvalue weighted by atomic mass is 35.5. The third-order valence-corrected chi connectivity index (χ3v) is 7.47. The minimum Gasteiger partial charge on any atom is -0.457 e. The number of aromatic nitrogens is 2. The van der Waals surface area contributed by atoms with E-state index in [1.807, 2.05) is 18.2 Å². The highest BCUT2D eigenvalue weighted by molar-refractivity contribution is 6.64. The summed E-state index contributed by atoms with van der Waals surface area (Å²) >= 11 is 5.04. The Labute approximate surface area is 230 Å². The molecule has 7 rings (SSSR count). The number of pyridine rings is 1. The molecule has 1 N–H and O–H groups in total. The average molecular weight is 549 g/mol. The van der Waals surface area contributed by atoms with Gasteiger partial charge in [0.25, 0.3) is 0 Å². The van der Waals surface area contributed by atoms with Crippen LogP contribution in [0.2, 0.25) is 0 Å². The van der Waals surface area contributed by atoms with Gasteiger partial charge in [-0.1, -0.05) is 0 Å². The lowest BCUT2D eigenvalue weighted by atomic mass is 10.2. The van der Waals surface area contributed by atoms with Gasteiger partial charge < -0.3 is 10.1 Å². The van der Waals surface area contributed by atoms with Crippen molar-refractivity contribution in [3.05, 3.63) is 48.8 Å². The van der Waals surface area contributed by atoms with Gasteiger partial charge in [-0.2, -0.15) is 0 Å². The zero-order valence-electron chi connectivity index (χ0n) is 21.3. The molecule has 1 aromatic carbocycles. The van der Waals surface area contributed by atoms with Crippen molar-refractivity contribution < 1.29 is 23.9 Å². The summed E-state index contributed by atoms with van der Waals surface area (Å²) in [4.78, 5) is 53.6. The molecule has 202 valence electrons. The highest BCUT2D eigenvalue weighted by Gasteiger charge is 2.42. The summed E-state index contributed by atoms with van der Waals surface area (Å²) in [7, 11) is 0. The molecule has 0 radical (unpaired) electrons. The van der Waals surface area contributed by atoms with Crippen molar-refractivity contribution in [2.45, 2.75) is 57.4 Å². The number of carbonyl (C=O) groups excluding carboxylic acids is 4. The van der Waals surface area contributed by atoms with Crippen LogP contribution in [-0.2, 0) is 14.4 Å². The van der Waals surface area contributed by atoms with Gasteiger partial charge in [0.05, 0.1) is 5.52 Å². The number of hydrogen-bond donors (Lipinski definition) is 1. The van der Waals surface area contributed by atoms with Crippen molar-refractivity contribution >= 4 is 51.4 Å². The Morgan fingerprint density at radius 3 is 2.05 bits per heavy atom. The van der Waals surface area contributed by atoms with Crippen LogP contribution in [0.5, 0.6) is 11.5 Å². The molecule has 0 aliphatic heterocycles. The van der Waals surface area contributed by atoms with Gasteiger partial charge in [0.1, 0.15) is 17.3 Å². The van der Waals surface area contributed by atoms with Gasteiger partial charge in [-0.05, 0) is 93.3 Å². The summed E-state index contributed by atoms with van der Waals surface area (Å²) in [6, 6.07) is 10.9. The largest absolute Gasteiger partial charge is 0.457 e. The summed E-state index contributed by atoms with van der Waals surface area (Å²) in [5.41, 5.74) is 0.798. The zero-order chi connectivity index (χ0) is 27.1. The predicted octanol–water partition coefficient (Wildman–Crippen LogP) is 5.39. The number of nitrogens with zero attached hydrogens (tertiary/aromatic N) is 3.